The van der Waals surface area contributed by atoms with Crippen LogP contribution in [-0.2, 0) is 6.18 Å². The van der Waals surface area contributed by atoms with Gasteiger partial charge in [0.2, 0.25) is 0 Å². The normalized spacial score (nSPS) is 11.4. The van der Waals surface area contributed by atoms with Gasteiger partial charge in [-0.2, -0.15) is 13.2 Å². The van der Waals surface area contributed by atoms with E-state index in [-0.39, 0.29) is 11.4 Å². The molecule has 0 heterocycles. The summed E-state index contributed by atoms with van der Waals surface area (Å²) in [6.07, 6.45) is -4.42. The maximum atomic E-state index is 12.5. The van der Waals surface area contributed by atoms with E-state index in [2.05, 4.69) is 15.9 Å². The van der Waals surface area contributed by atoms with Crippen LogP contribution in [0.25, 0.3) is 0 Å². The summed E-state index contributed by atoms with van der Waals surface area (Å²) in [7, 11) is 0. The molecule has 106 valence electrons. The van der Waals surface area contributed by atoms with Crippen LogP contribution in [-0.4, -0.2) is 0 Å². The van der Waals surface area contributed by atoms with Crippen molar-refractivity contribution >= 4 is 21.6 Å². The maximum absolute atomic E-state index is 12.5. The van der Waals surface area contributed by atoms with Gasteiger partial charge in [0.15, 0.2) is 0 Å². The molecule has 0 aliphatic carbocycles. The Morgan fingerprint density at radius 1 is 1.10 bits per heavy atom. The summed E-state index contributed by atoms with van der Waals surface area (Å²) in [6, 6.07) is 8.29. The molecule has 2 rings (SSSR count). The van der Waals surface area contributed by atoms with E-state index in [4.69, 9.17) is 10.5 Å². The second-order valence-corrected chi connectivity index (χ2v) is 5.12. The van der Waals surface area contributed by atoms with E-state index in [0.29, 0.717) is 5.75 Å². The molecule has 0 saturated carbocycles. The SMILES string of the molecule is Cc1cc(Oc2ccc(C(F)(F)F)cc2N)ccc1Br. The number of benzene rings is 2. The highest BCUT2D eigenvalue weighted by Gasteiger charge is 2.30. The number of nitrogen functional groups attached to an aromatic ring is 1. The summed E-state index contributed by atoms with van der Waals surface area (Å²) in [6.45, 7) is 1.88. The number of hydrogen-bond acceptors (Lipinski definition) is 2. The van der Waals surface area contributed by atoms with Gasteiger partial charge in [-0.25, -0.2) is 0 Å². The van der Waals surface area contributed by atoms with E-state index in [9.17, 15) is 13.2 Å². The fourth-order valence-corrected chi connectivity index (χ4v) is 1.87. The van der Waals surface area contributed by atoms with E-state index >= 15 is 0 Å². The highest BCUT2D eigenvalue weighted by Crippen LogP contribution is 2.35. The van der Waals surface area contributed by atoms with E-state index < -0.39 is 11.7 Å². The second kappa shape index (κ2) is 5.36. The Morgan fingerprint density at radius 2 is 1.80 bits per heavy atom. The second-order valence-electron chi connectivity index (χ2n) is 4.26. The number of ether oxygens (including phenoxy) is 1. The fourth-order valence-electron chi connectivity index (χ4n) is 1.63. The number of alkyl halides is 3. The molecule has 0 bridgehead atoms. The van der Waals surface area contributed by atoms with Gasteiger partial charge in [0.1, 0.15) is 11.5 Å². The van der Waals surface area contributed by atoms with Gasteiger partial charge < -0.3 is 10.5 Å². The highest BCUT2D eigenvalue weighted by atomic mass is 79.9. The van der Waals surface area contributed by atoms with Crippen LogP contribution in [0.4, 0.5) is 18.9 Å². The minimum Gasteiger partial charge on any atom is -0.455 e. The molecule has 20 heavy (non-hydrogen) atoms. The summed E-state index contributed by atoms with van der Waals surface area (Å²) in [4.78, 5) is 0. The summed E-state index contributed by atoms with van der Waals surface area (Å²) in [5.41, 5.74) is 5.70. The Morgan fingerprint density at radius 3 is 2.35 bits per heavy atom. The lowest BCUT2D eigenvalue weighted by Gasteiger charge is -2.12. The number of nitrogens with two attached hydrogens (primary N) is 1. The molecule has 0 unspecified atom stereocenters. The predicted molar refractivity (Wildman–Crippen MR) is 74.8 cm³/mol. The van der Waals surface area contributed by atoms with Crippen LogP contribution >= 0.6 is 15.9 Å². The van der Waals surface area contributed by atoms with Crippen LogP contribution in [0, 0.1) is 6.92 Å². The largest absolute Gasteiger partial charge is 0.455 e. The first kappa shape index (κ1) is 14.7. The lowest BCUT2D eigenvalue weighted by molar-refractivity contribution is -0.137. The number of anilines is 1. The van der Waals surface area contributed by atoms with Crippen molar-refractivity contribution in [2.24, 2.45) is 0 Å². The molecular formula is C14H11BrF3NO. The van der Waals surface area contributed by atoms with E-state index in [0.717, 1.165) is 22.2 Å². The van der Waals surface area contributed by atoms with Gasteiger partial charge in [0, 0.05) is 4.47 Å². The molecule has 0 aliphatic rings. The fraction of sp³-hybridized carbons (Fsp3) is 0.143. The van der Waals surface area contributed by atoms with E-state index in [1.165, 1.54) is 6.07 Å². The van der Waals surface area contributed by atoms with Crippen molar-refractivity contribution in [3.05, 3.63) is 52.0 Å². The average Bonchev–Trinajstić information content (AvgIpc) is 2.35. The third-order valence-corrected chi connectivity index (χ3v) is 3.58. The molecule has 0 aliphatic heterocycles. The zero-order valence-corrected chi connectivity index (χ0v) is 12.0. The first-order valence-electron chi connectivity index (χ1n) is 5.68. The molecule has 2 N–H and O–H groups in total. The van der Waals surface area contributed by atoms with Crippen molar-refractivity contribution < 1.29 is 17.9 Å². The van der Waals surface area contributed by atoms with Crippen LogP contribution in [0.1, 0.15) is 11.1 Å². The topological polar surface area (TPSA) is 35.2 Å². The number of rotatable bonds is 2. The molecule has 0 amide bonds. The lowest BCUT2D eigenvalue weighted by Crippen LogP contribution is -2.06. The summed E-state index contributed by atoms with van der Waals surface area (Å²) in [5, 5.41) is 0. The molecule has 6 heteroatoms. The smallest absolute Gasteiger partial charge is 0.416 e. The van der Waals surface area contributed by atoms with Crippen molar-refractivity contribution in [1.82, 2.24) is 0 Å². The quantitative estimate of drug-likeness (QED) is 0.763. The monoisotopic (exact) mass is 345 g/mol. The van der Waals surface area contributed by atoms with Gasteiger partial charge >= 0.3 is 6.18 Å². The average molecular weight is 346 g/mol. The van der Waals surface area contributed by atoms with Crippen molar-refractivity contribution in [3.63, 3.8) is 0 Å². The summed E-state index contributed by atoms with van der Waals surface area (Å²) in [5.74, 6) is 0.705. The first-order chi connectivity index (χ1) is 9.27. The van der Waals surface area contributed by atoms with Crippen molar-refractivity contribution in [1.29, 1.82) is 0 Å². The van der Waals surface area contributed by atoms with Gasteiger partial charge in [-0.3, -0.25) is 0 Å². The standard InChI is InChI=1S/C14H11BrF3NO/c1-8-6-10(3-4-11(8)15)20-13-5-2-9(7-12(13)19)14(16,17)18/h2-7H,19H2,1H3. The minimum atomic E-state index is -4.42. The molecule has 2 nitrogen and oxygen atoms in total. The van der Waals surface area contributed by atoms with Crippen LogP contribution in [0.5, 0.6) is 11.5 Å². The van der Waals surface area contributed by atoms with Crippen molar-refractivity contribution in [2.75, 3.05) is 5.73 Å². The Hall–Kier alpha value is -1.69. The molecule has 0 radical (unpaired) electrons. The van der Waals surface area contributed by atoms with Crippen LogP contribution in [0.3, 0.4) is 0 Å². The molecule has 0 atom stereocenters. The molecule has 2 aromatic rings. The Bertz CT molecular complexity index is 641. The molecule has 0 saturated heterocycles. The van der Waals surface area contributed by atoms with E-state index in [1.54, 1.807) is 18.2 Å². The molecule has 0 spiro atoms. The zero-order valence-electron chi connectivity index (χ0n) is 10.5. The number of aryl methyl sites for hydroxylation is 1. The zero-order chi connectivity index (χ0) is 14.9. The van der Waals surface area contributed by atoms with Crippen molar-refractivity contribution in [2.45, 2.75) is 13.1 Å². The first-order valence-corrected chi connectivity index (χ1v) is 6.47. The Balaban J connectivity index is 2.28. The minimum absolute atomic E-state index is 0.0552. The molecule has 0 fully saturated rings. The van der Waals surface area contributed by atoms with Gasteiger partial charge in [0.25, 0.3) is 0 Å². The van der Waals surface area contributed by atoms with Crippen LogP contribution in [0.15, 0.2) is 40.9 Å². The Labute approximate surface area is 122 Å². The van der Waals surface area contributed by atoms with Gasteiger partial charge in [-0.15, -0.1) is 0 Å². The van der Waals surface area contributed by atoms with Crippen molar-refractivity contribution in [3.8, 4) is 11.5 Å². The van der Waals surface area contributed by atoms with Gasteiger partial charge in [-0.1, -0.05) is 15.9 Å². The van der Waals surface area contributed by atoms with E-state index in [1.807, 2.05) is 6.92 Å². The summed E-state index contributed by atoms with van der Waals surface area (Å²) >= 11 is 3.36. The third kappa shape index (κ3) is 3.25. The Kier molecular flexibility index (Phi) is 3.94. The van der Waals surface area contributed by atoms with Crippen LogP contribution < -0.4 is 10.5 Å². The maximum Gasteiger partial charge on any atom is 0.416 e. The molecule has 0 aromatic heterocycles. The number of halogens is 4. The number of hydrogen-bond donors (Lipinski definition) is 1. The lowest BCUT2D eigenvalue weighted by atomic mass is 10.2. The predicted octanol–water partition coefficient (Wildman–Crippen LogP) is 5.15. The van der Waals surface area contributed by atoms with Gasteiger partial charge in [-0.05, 0) is 48.9 Å². The molecule has 2 aromatic carbocycles. The molecular weight excluding hydrogens is 335 g/mol. The van der Waals surface area contributed by atoms with Gasteiger partial charge in [0.05, 0.1) is 11.3 Å². The third-order valence-electron chi connectivity index (χ3n) is 2.69. The van der Waals surface area contributed by atoms with Crippen LogP contribution in [0.2, 0.25) is 0 Å². The highest BCUT2D eigenvalue weighted by molar-refractivity contribution is 9.10. The summed E-state index contributed by atoms with van der Waals surface area (Å²) < 4.78 is 44.0.